The Balaban J connectivity index is 1.91. The predicted octanol–water partition coefficient (Wildman–Crippen LogP) is 1.16. The lowest BCUT2D eigenvalue weighted by atomic mass is 9.89. The lowest BCUT2D eigenvalue weighted by Gasteiger charge is -2.30. The minimum absolute atomic E-state index is 0.131. The SMILES string of the molecule is CC(c1ccccn1)C(O)CC1CNC1. The van der Waals surface area contributed by atoms with Gasteiger partial charge in [-0.25, -0.2) is 0 Å². The summed E-state index contributed by atoms with van der Waals surface area (Å²) >= 11 is 0. The molecule has 2 atom stereocenters. The number of nitrogens with one attached hydrogen (secondary N) is 1. The van der Waals surface area contributed by atoms with Gasteiger partial charge < -0.3 is 10.4 Å². The van der Waals surface area contributed by atoms with Gasteiger partial charge in [0.2, 0.25) is 0 Å². The van der Waals surface area contributed by atoms with Crippen LogP contribution >= 0.6 is 0 Å². The van der Waals surface area contributed by atoms with Crippen molar-refractivity contribution in [2.75, 3.05) is 13.1 Å². The summed E-state index contributed by atoms with van der Waals surface area (Å²) < 4.78 is 0. The monoisotopic (exact) mass is 206 g/mol. The summed E-state index contributed by atoms with van der Waals surface area (Å²) in [6, 6.07) is 5.85. The Hall–Kier alpha value is -0.930. The van der Waals surface area contributed by atoms with Gasteiger partial charge in [0, 0.05) is 17.8 Å². The van der Waals surface area contributed by atoms with E-state index < -0.39 is 0 Å². The second kappa shape index (κ2) is 4.73. The van der Waals surface area contributed by atoms with Crippen molar-refractivity contribution < 1.29 is 5.11 Å². The Labute approximate surface area is 90.5 Å². The first kappa shape index (κ1) is 10.6. The summed E-state index contributed by atoms with van der Waals surface area (Å²) in [5, 5.41) is 13.3. The standard InChI is InChI=1S/C12H18N2O/c1-9(11-4-2-3-5-14-11)12(15)6-10-7-13-8-10/h2-5,9-10,12-13,15H,6-8H2,1H3. The van der Waals surface area contributed by atoms with Gasteiger partial charge in [0.05, 0.1) is 6.10 Å². The van der Waals surface area contributed by atoms with Gasteiger partial charge in [-0.1, -0.05) is 13.0 Å². The minimum Gasteiger partial charge on any atom is -0.392 e. The normalized spacial score (nSPS) is 20.7. The Bertz CT molecular complexity index is 298. The van der Waals surface area contributed by atoms with E-state index in [2.05, 4.69) is 10.3 Å². The van der Waals surface area contributed by atoms with Gasteiger partial charge in [0.1, 0.15) is 0 Å². The van der Waals surface area contributed by atoms with E-state index in [1.165, 1.54) is 0 Å². The molecule has 3 nitrogen and oxygen atoms in total. The van der Waals surface area contributed by atoms with Crippen molar-refractivity contribution in [3.63, 3.8) is 0 Å². The molecule has 0 amide bonds. The summed E-state index contributed by atoms with van der Waals surface area (Å²) in [7, 11) is 0. The van der Waals surface area contributed by atoms with Crippen molar-refractivity contribution in [1.82, 2.24) is 10.3 Å². The van der Waals surface area contributed by atoms with Crippen LogP contribution in [0.1, 0.15) is 25.0 Å². The molecule has 1 aromatic heterocycles. The molecular formula is C12H18N2O. The van der Waals surface area contributed by atoms with Gasteiger partial charge in [-0.3, -0.25) is 4.98 Å². The molecule has 2 rings (SSSR count). The molecule has 1 aliphatic rings. The highest BCUT2D eigenvalue weighted by molar-refractivity contribution is 5.10. The summed E-state index contributed by atoms with van der Waals surface area (Å²) in [4.78, 5) is 4.28. The van der Waals surface area contributed by atoms with Gasteiger partial charge in [-0.05, 0) is 37.6 Å². The smallest absolute Gasteiger partial charge is 0.0624 e. The second-order valence-corrected chi connectivity index (χ2v) is 4.37. The minimum atomic E-state index is -0.271. The van der Waals surface area contributed by atoms with Gasteiger partial charge in [-0.2, -0.15) is 0 Å². The van der Waals surface area contributed by atoms with Crippen LogP contribution < -0.4 is 5.32 Å². The number of aromatic nitrogens is 1. The van der Waals surface area contributed by atoms with Crippen molar-refractivity contribution in [2.45, 2.75) is 25.4 Å². The molecule has 3 heteroatoms. The second-order valence-electron chi connectivity index (χ2n) is 4.37. The molecule has 0 radical (unpaired) electrons. The number of pyridine rings is 1. The van der Waals surface area contributed by atoms with Crippen molar-refractivity contribution in [2.24, 2.45) is 5.92 Å². The molecule has 0 aromatic carbocycles. The van der Waals surface area contributed by atoms with Crippen LogP contribution in [0.2, 0.25) is 0 Å². The highest BCUT2D eigenvalue weighted by atomic mass is 16.3. The average molecular weight is 206 g/mol. The lowest BCUT2D eigenvalue weighted by Crippen LogP contribution is -2.44. The van der Waals surface area contributed by atoms with E-state index in [-0.39, 0.29) is 12.0 Å². The van der Waals surface area contributed by atoms with E-state index in [1.807, 2.05) is 25.1 Å². The summed E-state index contributed by atoms with van der Waals surface area (Å²) in [6.45, 7) is 4.14. The highest BCUT2D eigenvalue weighted by Gasteiger charge is 2.24. The number of aliphatic hydroxyl groups is 1. The zero-order valence-electron chi connectivity index (χ0n) is 9.06. The van der Waals surface area contributed by atoms with Crippen molar-refractivity contribution >= 4 is 0 Å². The molecule has 1 aliphatic heterocycles. The fourth-order valence-electron chi connectivity index (χ4n) is 1.90. The van der Waals surface area contributed by atoms with Crippen LogP contribution in [0.25, 0.3) is 0 Å². The van der Waals surface area contributed by atoms with E-state index in [0.29, 0.717) is 5.92 Å². The van der Waals surface area contributed by atoms with Gasteiger partial charge in [-0.15, -0.1) is 0 Å². The van der Waals surface area contributed by atoms with Crippen LogP contribution in [0.4, 0.5) is 0 Å². The Morgan fingerprint density at radius 1 is 1.53 bits per heavy atom. The maximum Gasteiger partial charge on any atom is 0.0624 e. The van der Waals surface area contributed by atoms with Crippen LogP contribution in [0.3, 0.4) is 0 Å². The molecule has 0 bridgehead atoms. The third kappa shape index (κ3) is 2.55. The molecule has 82 valence electrons. The van der Waals surface area contributed by atoms with Crippen LogP contribution in [-0.4, -0.2) is 29.3 Å². The zero-order valence-corrected chi connectivity index (χ0v) is 9.06. The third-order valence-corrected chi connectivity index (χ3v) is 3.17. The number of nitrogens with zero attached hydrogens (tertiary/aromatic N) is 1. The summed E-state index contributed by atoms with van der Waals surface area (Å²) in [5.74, 6) is 0.776. The van der Waals surface area contributed by atoms with Gasteiger partial charge >= 0.3 is 0 Å². The summed E-state index contributed by atoms with van der Waals surface area (Å²) in [6.07, 6.45) is 2.39. The predicted molar refractivity (Wildman–Crippen MR) is 59.6 cm³/mol. The first-order chi connectivity index (χ1) is 7.27. The Kier molecular flexibility index (Phi) is 3.34. The fraction of sp³-hybridized carbons (Fsp3) is 0.583. The first-order valence-corrected chi connectivity index (χ1v) is 5.57. The van der Waals surface area contributed by atoms with Crippen molar-refractivity contribution in [1.29, 1.82) is 0 Å². The molecule has 0 spiro atoms. The molecule has 1 aromatic rings. The molecule has 2 unspecified atom stereocenters. The van der Waals surface area contributed by atoms with E-state index in [0.717, 1.165) is 25.2 Å². The van der Waals surface area contributed by atoms with Gasteiger partial charge in [0.15, 0.2) is 0 Å². The Morgan fingerprint density at radius 3 is 2.87 bits per heavy atom. The number of hydrogen-bond acceptors (Lipinski definition) is 3. The highest BCUT2D eigenvalue weighted by Crippen LogP contribution is 2.23. The Morgan fingerprint density at radius 2 is 2.33 bits per heavy atom. The number of hydrogen-bond donors (Lipinski definition) is 2. The van der Waals surface area contributed by atoms with Crippen molar-refractivity contribution in [3.05, 3.63) is 30.1 Å². The molecule has 1 fully saturated rings. The van der Waals surface area contributed by atoms with Crippen molar-refractivity contribution in [3.8, 4) is 0 Å². The summed E-state index contributed by atoms with van der Waals surface area (Å²) in [5.41, 5.74) is 0.984. The van der Waals surface area contributed by atoms with Crippen LogP contribution in [0.15, 0.2) is 24.4 Å². The fourth-order valence-corrected chi connectivity index (χ4v) is 1.90. The number of aliphatic hydroxyl groups excluding tert-OH is 1. The zero-order chi connectivity index (χ0) is 10.7. The van der Waals surface area contributed by atoms with Gasteiger partial charge in [0.25, 0.3) is 0 Å². The van der Waals surface area contributed by atoms with E-state index >= 15 is 0 Å². The van der Waals surface area contributed by atoms with Crippen LogP contribution in [-0.2, 0) is 0 Å². The largest absolute Gasteiger partial charge is 0.392 e. The number of rotatable bonds is 4. The molecule has 1 saturated heterocycles. The molecule has 15 heavy (non-hydrogen) atoms. The molecular weight excluding hydrogens is 188 g/mol. The van der Waals surface area contributed by atoms with E-state index in [1.54, 1.807) is 6.20 Å². The van der Waals surface area contributed by atoms with E-state index in [9.17, 15) is 5.11 Å². The topological polar surface area (TPSA) is 45.2 Å². The maximum absolute atomic E-state index is 10.0. The maximum atomic E-state index is 10.0. The molecule has 0 aliphatic carbocycles. The average Bonchev–Trinajstić information content (AvgIpc) is 2.23. The lowest BCUT2D eigenvalue weighted by molar-refractivity contribution is 0.104. The van der Waals surface area contributed by atoms with E-state index in [4.69, 9.17) is 0 Å². The quantitative estimate of drug-likeness (QED) is 0.777. The molecule has 0 saturated carbocycles. The first-order valence-electron chi connectivity index (χ1n) is 5.57. The molecule has 2 heterocycles. The third-order valence-electron chi connectivity index (χ3n) is 3.17. The van der Waals surface area contributed by atoms with Crippen LogP contribution in [0, 0.1) is 5.92 Å². The molecule has 2 N–H and O–H groups in total. The van der Waals surface area contributed by atoms with Crippen LogP contribution in [0.5, 0.6) is 0 Å².